The zero-order valence-corrected chi connectivity index (χ0v) is 21.9. The quantitative estimate of drug-likeness (QED) is 0.562. The molecule has 198 valence electrons. The largest absolute Gasteiger partial charge is 0.496 e. The van der Waals surface area contributed by atoms with E-state index in [0.717, 1.165) is 62.1 Å². The minimum atomic E-state index is -0.311. The molecule has 1 atom stereocenters. The van der Waals surface area contributed by atoms with Gasteiger partial charge in [0.2, 0.25) is 0 Å². The Hall–Kier alpha value is -3.95. The molecule has 3 aliphatic heterocycles. The van der Waals surface area contributed by atoms with Crippen molar-refractivity contribution in [3.63, 3.8) is 0 Å². The van der Waals surface area contributed by atoms with Crippen LogP contribution in [-0.2, 0) is 19.4 Å². The van der Waals surface area contributed by atoms with Gasteiger partial charge in [0, 0.05) is 38.6 Å². The van der Waals surface area contributed by atoms with Gasteiger partial charge in [-0.3, -0.25) is 4.79 Å². The molecule has 0 bridgehead atoms. The fourth-order valence-corrected chi connectivity index (χ4v) is 5.79. The number of anilines is 1. The summed E-state index contributed by atoms with van der Waals surface area (Å²) in [6, 6.07) is 9.69. The zero-order valence-electron chi connectivity index (χ0n) is 21.9. The number of rotatable bonds is 4. The molecule has 0 aliphatic carbocycles. The van der Waals surface area contributed by atoms with E-state index >= 15 is 0 Å². The lowest BCUT2D eigenvalue weighted by molar-refractivity contribution is 0.102. The van der Waals surface area contributed by atoms with Gasteiger partial charge in [-0.2, -0.15) is 0 Å². The average Bonchev–Trinajstić information content (AvgIpc) is 3.55. The number of hydrogen-bond acceptors (Lipinski definition) is 6. The Morgan fingerprint density at radius 3 is 2.66 bits per heavy atom. The Balaban J connectivity index is 1.22. The van der Waals surface area contributed by atoms with Crippen molar-refractivity contribution in [3.8, 4) is 17.3 Å². The summed E-state index contributed by atoms with van der Waals surface area (Å²) in [5.74, 6) is 2.31. The Kier molecular flexibility index (Phi) is 6.47. The van der Waals surface area contributed by atoms with Gasteiger partial charge < -0.3 is 24.4 Å². The van der Waals surface area contributed by atoms with Crippen LogP contribution in [0.2, 0.25) is 0 Å². The van der Waals surface area contributed by atoms with E-state index in [4.69, 9.17) is 4.74 Å². The van der Waals surface area contributed by atoms with Crippen LogP contribution in [0, 0.1) is 0 Å². The van der Waals surface area contributed by atoms with Gasteiger partial charge in [0.15, 0.2) is 5.82 Å². The van der Waals surface area contributed by atoms with E-state index in [1.807, 2.05) is 34.1 Å². The van der Waals surface area contributed by atoms with Crippen LogP contribution in [0.25, 0.3) is 11.5 Å². The first kappa shape index (κ1) is 24.4. The van der Waals surface area contributed by atoms with Crippen LogP contribution < -0.4 is 10.1 Å². The van der Waals surface area contributed by atoms with Gasteiger partial charge >= 0.3 is 6.03 Å². The summed E-state index contributed by atoms with van der Waals surface area (Å²) >= 11 is 0. The van der Waals surface area contributed by atoms with Crippen molar-refractivity contribution >= 4 is 17.8 Å². The van der Waals surface area contributed by atoms with Crippen LogP contribution in [0.1, 0.15) is 66.0 Å². The van der Waals surface area contributed by atoms with Crippen molar-refractivity contribution in [2.24, 2.45) is 0 Å². The van der Waals surface area contributed by atoms with E-state index in [0.29, 0.717) is 47.8 Å². The Morgan fingerprint density at radius 2 is 1.84 bits per heavy atom. The molecule has 1 aromatic carbocycles. The van der Waals surface area contributed by atoms with Crippen molar-refractivity contribution in [1.82, 2.24) is 29.5 Å². The second kappa shape index (κ2) is 10.1. The van der Waals surface area contributed by atoms with E-state index in [2.05, 4.69) is 32.0 Å². The molecule has 10 heteroatoms. The molecule has 3 aromatic rings. The van der Waals surface area contributed by atoms with Gasteiger partial charge in [-0.25, -0.2) is 9.78 Å². The number of ether oxygens (including phenoxy) is 1. The Bertz CT molecular complexity index is 1380. The molecule has 0 unspecified atom stereocenters. The fourth-order valence-electron chi connectivity index (χ4n) is 5.79. The third-order valence-corrected chi connectivity index (χ3v) is 7.89. The number of aromatic nitrogens is 4. The number of hydrogen-bond donors (Lipinski definition) is 1. The highest BCUT2D eigenvalue weighted by molar-refractivity contribution is 6.06. The standard InChI is InChI=1S/C28H33N7O3/c1-18-9-10-25-31-32-26(35(18)25)22-7-6-8-24(29-22)30-27(36)21-15-20-17-34(14-11-19(20)16-23(21)38-2)28(37)33-12-4-3-5-13-33/h6-8,15-16,18H,3-5,9-14,17H2,1-2H3,(H,29,30,36)/t18-/m1/s1. The first-order valence-corrected chi connectivity index (χ1v) is 13.5. The number of aryl methyl sites for hydroxylation is 1. The second-order valence-corrected chi connectivity index (χ2v) is 10.4. The molecule has 0 radical (unpaired) electrons. The highest BCUT2D eigenvalue weighted by Crippen LogP contribution is 2.31. The van der Waals surface area contributed by atoms with Gasteiger partial charge in [0.25, 0.3) is 5.91 Å². The summed E-state index contributed by atoms with van der Waals surface area (Å²) in [4.78, 5) is 35.0. The number of amides is 3. The minimum absolute atomic E-state index is 0.0902. The molecule has 1 saturated heterocycles. The van der Waals surface area contributed by atoms with E-state index in [-0.39, 0.29) is 11.9 Å². The number of piperidine rings is 1. The normalized spacial score (nSPS) is 18.6. The molecule has 6 rings (SSSR count). The van der Waals surface area contributed by atoms with Gasteiger partial charge in [-0.05, 0) is 74.4 Å². The molecule has 0 saturated carbocycles. The van der Waals surface area contributed by atoms with Crippen LogP contribution in [0.4, 0.5) is 10.6 Å². The van der Waals surface area contributed by atoms with Crippen LogP contribution in [-0.4, -0.2) is 68.2 Å². The fraction of sp³-hybridized carbons (Fsp3) is 0.464. The number of carbonyl (C=O) groups is 2. The first-order chi connectivity index (χ1) is 18.5. The number of pyridine rings is 1. The molecular weight excluding hydrogens is 482 g/mol. The van der Waals surface area contributed by atoms with Gasteiger partial charge in [0.1, 0.15) is 23.1 Å². The molecule has 3 aliphatic rings. The molecular formula is C28H33N7O3. The molecule has 0 spiro atoms. The summed E-state index contributed by atoms with van der Waals surface area (Å²) in [6.45, 7) is 4.94. The molecule has 1 fully saturated rings. The van der Waals surface area contributed by atoms with Gasteiger partial charge in [0.05, 0.1) is 12.7 Å². The lowest BCUT2D eigenvalue weighted by atomic mass is 9.96. The Labute approximate surface area is 222 Å². The molecule has 1 N–H and O–H groups in total. The smallest absolute Gasteiger partial charge is 0.320 e. The zero-order chi connectivity index (χ0) is 26.2. The van der Waals surface area contributed by atoms with Gasteiger partial charge in [-0.15, -0.1) is 10.2 Å². The number of fused-ring (bicyclic) bond motifs is 2. The topological polar surface area (TPSA) is 105 Å². The maximum atomic E-state index is 13.4. The summed E-state index contributed by atoms with van der Waals surface area (Å²) < 4.78 is 7.72. The lowest BCUT2D eigenvalue weighted by Gasteiger charge is -2.36. The minimum Gasteiger partial charge on any atom is -0.496 e. The third-order valence-electron chi connectivity index (χ3n) is 7.89. The summed E-state index contributed by atoms with van der Waals surface area (Å²) in [7, 11) is 1.57. The highest BCUT2D eigenvalue weighted by Gasteiger charge is 2.28. The average molecular weight is 516 g/mol. The van der Waals surface area contributed by atoms with Crippen molar-refractivity contribution < 1.29 is 14.3 Å². The number of nitrogens with one attached hydrogen (secondary N) is 1. The monoisotopic (exact) mass is 515 g/mol. The predicted octanol–water partition coefficient (Wildman–Crippen LogP) is 4.07. The molecule has 10 nitrogen and oxygen atoms in total. The molecule has 5 heterocycles. The number of urea groups is 1. The molecule has 2 aromatic heterocycles. The lowest BCUT2D eigenvalue weighted by Crippen LogP contribution is -2.47. The maximum Gasteiger partial charge on any atom is 0.320 e. The predicted molar refractivity (Wildman–Crippen MR) is 142 cm³/mol. The molecule has 3 amide bonds. The highest BCUT2D eigenvalue weighted by atomic mass is 16.5. The maximum absolute atomic E-state index is 13.4. The van der Waals surface area contributed by atoms with E-state index in [1.54, 1.807) is 13.2 Å². The van der Waals surface area contributed by atoms with Crippen LogP contribution >= 0.6 is 0 Å². The van der Waals surface area contributed by atoms with Crippen molar-refractivity contribution in [3.05, 3.63) is 52.8 Å². The van der Waals surface area contributed by atoms with Crippen molar-refractivity contribution in [2.45, 2.75) is 58.0 Å². The number of benzene rings is 1. The number of nitrogens with zero attached hydrogens (tertiary/aromatic N) is 6. The SMILES string of the molecule is COc1cc2c(cc1C(=O)Nc1cccc(-c3nnc4n3[C@H](C)CC4)n1)CN(C(=O)N1CCCCC1)CC2. The number of carbonyl (C=O) groups excluding carboxylic acids is 2. The number of likely N-dealkylation sites (tertiary alicyclic amines) is 1. The van der Waals surface area contributed by atoms with E-state index in [1.165, 1.54) is 6.42 Å². The molecule has 38 heavy (non-hydrogen) atoms. The van der Waals surface area contributed by atoms with E-state index < -0.39 is 0 Å². The van der Waals surface area contributed by atoms with Crippen molar-refractivity contribution in [1.29, 1.82) is 0 Å². The van der Waals surface area contributed by atoms with E-state index in [9.17, 15) is 9.59 Å². The Morgan fingerprint density at radius 1 is 1.00 bits per heavy atom. The van der Waals surface area contributed by atoms with Crippen LogP contribution in [0.15, 0.2) is 30.3 Å². The summed E-state index contributed by atoms with van der Waals surface area (Å²) in [6.07, 6.45) is 5.98. The van der Waals surface area contributed by atoms with Gasteiger partial charge in [-0.1, -0.05) is 6.07 Å². The van der Waals surface area contributed by atoms with Crippen molar-refractivity contribution in [2.75, 3.05) is 32.1 Å². The summed E-state index contributed by atoms with van der Waals surface area (Å²) in [5.41, 5.74) is 3.17. The first-order valence-electron chi connectivity index (χ1n) is 13.5. The van der Waals surface area contributed by atoms with Crippen LogP contribution in [0.5, 0.6) is 5.75 Å². The number of methoxy groups -OCH3 is 1. The summed E-state index contributed by atoms with van der Waals surface area (Å²) in [5, 5.41) is 11.6. The third kappa shape index (κ3) is 4.48. The second-order valence-electron chi connectivity index (χ2n) is 10.4. The van der Waals surface area contributed by atoms with Crippen LogP contribution in [0.3, 0.4) is 0 Å².